The molecule has 1 fully saturated rings. The summed E-state index contributed by atoms with van der Waals surface area (Å²) in [6.45, 7) is 4.37. The van der Waals surface area contributed by atoms with Gasteiger partial charge in [-0.2, -0.15) is 0 Å². The van der Waals surface area contributed by atoms with E-state index >= 15 is 0 Å². The van der Waals surface area contributed by atoms with Crippen LogP contribution in [0.1, 0.15) is 29.5 Å². The SMILES string of the molecule is Cc1ccc(-c2ccccc2C)cc1NC(=O)C1(c2ccc3c(c2)OCO3)CC1. The predicted octanol–water partition coefficient (Wildman–Crippen LogP) is 5.37. The number of fused-ring (bicyclic) bond motifs is 1. The average Bonchev–Trinajstić information content (AvgIpc) is 3.41. The third-order valence-electron chi connectivity index (χ3n) is 6.05. The third kappa shape index (κ3) is 3.05. The summed E-state index contributed by atoms with van der Waals surface area (Å²) in [7, 11) is 0. The molecule has 29 heavy (non-hydrogen) atoms. The number of hydrogen-bond donors (Lipinski definition) is 1. The maximum absolute atomic E-state index is 13.3. The molecule has 0 unspecified atom stereocenters. The number of amides is 1. The molecule has 1 aliphatic carbocycles. The van der Waals surface area contributed by atoms with E-state index in [1.54, 1.807) is 0 Å². The predicted molar refractivity (Wildman–Crippen MR) is 113 cm³/mol. The van der Waals surface area contributed by atoms with Crippen LogP contribution in [-0.2, 0) is 10.2 Å². The van der Waals surface area contributed by atoms with Gasteiger partial charge in [-0.05, 0) is 72.7 Å². The van der Waals surface area contributed by atoms with Crippen molar-refractivity contribution in [3.8, 4) is 22.6 Å². The summed E-state index contributed by atoms with van der Waals surface area (Å²) in [6, 6.07) is 20.4. The minimum atomic E-state index is -0.480. The van der Waals surface area contributed by atoms with Crippen molar-refractivity contribution in [3.63, 3.8) is 0 Å². The molecule has 4 heteroatoms. The normalized spacial score (nSPS) is 15.8. The minimum Gasteiger partial charge on any atom is -0.454 e. The summed E-state index contributed by atoms with van der Waals surface area (Å²) < 4.78 is 10.9. The third-order valence-corrected chi connectivity index (χ3v) is 6.05. The van der Waals surface area contributed by atoms with Gasteiger partial charge in [0.25, 0.3) is 0 Å². The van der Waals surface area contributed by atoms with Gasteiger partial charge in [0.1, 0.15) is 0 Å². The van der Waals surface area contributed by atoms with Crippen molar-refractivity contribution >= 4 is 11.6 Å². The van der Waals surface area contributed by atoms with Gasteiger partial charge in [-0.1, -0.05) is 42.5 Å². The Morgan fingerprint density at radius 1 is 0.897 bits per heavy atom. The van der Waals surface area contributed by atoms with Crippen LogP contribution in [0.25, 0.3) is 11.1 Å². The first kappa shape index (κ1) is 17.8. The lowest BCUT2D eigenvalue weighted by Gasteiger charge is -2.18. The topological polar surface area (TPSA) is 47.6 Å². The Bertz CT molecular complexity index is 1110. The van der Waals surface area contributed by atoms with Gasteiger partial charge in [-0.15, -0.1) is 0 Å². The Labute approximate surface area is 170 Å². The monoisotopic (exact) mass is 385 g/mol. The number of benzene rings is 3. The molecule has 2 aliphatic rings. The quantitative estimate of drug-likeness (QED) is 0.657. The minimum absolute atomic E-state index is 0.0430. The van der Waals surface area contributed by atoms with E-state index in [1.807, 2.05) is 37.3 Å². The summed E-state index contributed by atoms with van der Waals surface area (Å²) in [5.74, 6) is 1.51. The van der Waals surface area contributed by atoms with Crippen LogP contribution in [0.5, 0.6) is 11.5 Å². The molecule has 0 saturated heterocycles. The molecular formula is C25H23NO3. The van der Waals surface area contributed by atoms with Crippen LogP contribution >= 0.6 is 0 Å². The van der Waals surface area contributed by atoms with Crippen molar-refractivity contribution < 1.29 is 14.3 Å². The van der Waals surface area contributed by atoms with Crippen LogP contribution in [0, 0.1) is 13.8 Å². The van der Waals surface area contributed by atoms with Crippen LogP contribution in [0.3, 0.4) is 0 Å². The fraction of sp³-hybridized carbons (Fsp3) is 0.240. The maximum atomic E-state index is 13.3. The summed E-state index contributed by atoms with van der Waals surface area (Å²) >= 11 is 0. The molecule has 0 spiro atoms. The summed E-state index contributed by atoms with van der Waals surface area (Å²) in [4.78, 5) is 13.3. The van der Waals surface area contributed by atoms with E-state index in [4.69, 9.17) is 9.47 Å². The highest BCUT2D eigenvalue weighted by atomic mass is 16.7. The number of nitrogens with one attached hydrogen (secondary N) is 1. The van der Waals surface area contributed by atoms with Gasteiger partial charge in [0, 0.05) is 5.69 Å². The van der Waals surface area contributed by atoms with Crippen LogP contribution in [0.4, 0.5) is 5.69 Å². The van der Waals surface area contributed by atoms with Crippen molar-refractivity contribution in [2.24, 2.45) is 0 Å². The molecule has 3 aromatic carbocycles. The Kier molecular flexibility index (Phi) is 4.09. The molecule has 1 amide bonds. The lowest BCUT2D eigenvalue weighted by Crippen LogP contribution is -2.28. The molecule has 146 valence electrons. The van der Waals surface area contributed by atoms with E-state index in [2.05, 4.69) is 42.6 Å². The zero-order chi connectivity index (χ0) is 20.0. The van der Waals surface area contributed by atoms with Crippen molar-refractivity contribution in [1.82, 2.24) is 0 Å². The molecule has 3 aromatic rings. The second kappa shape index (κ2) is 6.66. The van der Waals surface area contributed by atoms with Crippen molar-refractivity contribution in [2.75, 3.05) is 12.1 Å². The van der Waals surface area contributed by atoms with E-state index in [0.29, 0.717) is 0 Å². The molecule has 0 aromatic heterocycles. The Morgan fingerprint density at radius 2 is 1.69 bits per heavy atom. The van der Waals surface area contributed by atoms with Crippen LogP contribution in [0.15, 0.2) is 60.7 Å². The molecule has 1 aliphatic heterocycles. The van der Waals surface area contributed by atoms with Gasteiger partial charge >= 0.3 is 0 Å². The van der Waals surface area contributed by atoms with Gasteiger partial charge < -0.3 is 14.8 Å². The van der Waals surface area contributed by atoms with E-state index in [-0.39, 0.29) is 12.7 Å². The molecule has 4 nitrogen and oxygen atoms in total. The fourth-order valence-electron chi connectivity index (χ4n) is 4.03. The maximum Gasteiger partial charge on any atom is 0.235 e. The number of rotatable bonds is 4. The number of carbonyl (C=O) groups excluding carboxylic acids is 1. The zero-order valence-corrected chi connectivity index (χ0v) is 16.6. The number of hydrogen-bond acceptors (Lipinski definition) is 3. The van der Waals surface area contributed by atoms with Gasteiger partial charge in [0.15, 0.2) is 11.5 Å². The number of carbonyl (C=O) groups is 1. The van der Waals surface area contributed by atoms with Crippen molar-refractivity contribution in [1.29, 1.82) is 0 Å². The van der Waals surface area contributed by atoms with Gasteiger partial charge in [0.05, 0.1) is 5.41 Å². The van der Waals surface area contributed by atoms with E-state index in [1.165, 1.54) is 11.1 Å². The first-order valence-corrected chi connectivity index (χ1v) is 9.95. The average molecular weight is 385 g/mol. The lowest BCUT2D eigenvalue weighted by atomic mass is 9.94. The van der Waals surface area contributed by atoms with Crippen LogP contribution in [-0.4, -0.2) is 12.7 Å². The summed E-state index contributed by atoms with van der Waals surface area (Å²) in [6.07, 6.45) is 1.68. The van der Waals surface area contributed by atoms with E-state index in [0.717, 1.165) is 46.7 Å². The first-order valence-electron chi connectivity index (χ1n) is 9.95. The Balaban J connectivity index is 1.44. The second-order valence-corrected chi connectivity index (χ2v) is 7.95. The molecule has 5 rings (SSSR count). The largest absolute Gasteiger partial charge is 0.454 e. The number of aryl methyl sites for hydroxylation is 2. The molecule has 1 heterocycles. The highest BCUT2D eigenvalue weighted by molar-refractivity contribution is 6.02. The van der Waals surface area contributed by atoms with Crippen LogP contribution < -0.4 is 14.8 Å². The van der Waals surface area contributed by atoms with E-state index < -0.39 is 5.41 Å². The molecule has 0 atom stereocenters. The molecule has 1 saturated carbocycles. The number of anilines is 1. The first-order chi connectivity index (χ1) is 14.1. The van der Waals surface area contributed by atoms with Gasteiger partial charge in [0.2, 0.25) is 12.7 Å². The lowest BCUT2D eigenvalue weighted by molar-refractivity contribution is -0.118. The molecule has 0 radical (unpaired) electrons. The van der Waals surface area contributed by atoms with Crippen LogP contribution in [0.2, 0.25) is 0 Å². The molecular weight excluding hydrogens is 362 g/mol. The standard InChI is InChI=1S/C25H23NO3/c1-16-5-3-4-6-20(16)18-8-7-17(2)21(13-18)26-24(27)25(11-12-25)19-9-10-22-23(14-19)29-15-28-22/h3-10,13-14H,11-12,15H2,1-2H3,(H,26,27). The van der Waals surface area contributed by atoms with E-state index in [9.17, 15) is 4.79 Å². The Morgan fingerprint density at radius 3 is 2.48 bits per heavy atom. The summed E-state index contributed by atoms with van der Waals surface area (Å²) in [5.41, 5.74) is 5.93. The van der Waals surface area contributed by atoms with Gasteiger partial charge in [-0.25, -0.2) is 0 Å². The zero-order valence-electron chi connectivity index (χ0n) is 16.6. The van der Waals surface area contributed by atoms with Crippen molar-refractivity contribution in [2.45, 2.75) is 32.1 Å². The fourth-order valence-corrected chi connectivity index (χ4v) is 4.03. The van der Waals surface area contributed by atoms with Gasteiger partial charge in [-0.3, -0.25) is 4.79 Å². The Hall–Kier alpha value is -3.27. The molecule has 1 N–H and O–H groups in total. The highest BCUT2D eigenvalue weighted by Crippen LogP contribution is 2.51. The number of ether oxygens (including phenoxy) is 2. The smallest absolute Gasteiger partial charge is 0.235 e. The second-order valence-electron chi connectivity index (χ2n) is 7.95. The molecule has 0 bridgehead atoms. The van der Waals surface area contributed by atoms with Crippen molar-refractivity contribution in [3.05, 3.63) is 77.4 Å². The highest BCUT2D eigenvalue weighted by Gasteiger charge is 2.51. The summed E-state index contributed by atoms with van der Waals surface area (Å²) in [5, 5.41) is 3.20.